The zero-order chi connectivity index (χ0) is 14.5. The molecule has 0 unspecified atom stereocenters. The fraction of sp³-hybridized carbons (Fsp3) is 0.538. The molecule has 0 aromatic rings. The molecule has 1 rings (SSSR count). The maximum Gasteiger partial charge on any atom is 0.243 e. The van der Waals surface area contributed by atoms with Gasteiger partial charge in [-0.25, -0.2) is 8.42 Å². The molecular weight excluding hydrogens is 266 g/mol. The molecule has 0 bridgehead atoms. The first kappa shape index (κ1) is 16.1. The van der Waals surface area contributed by atoms with E-state index in [0.717, 1.165) is 4.31 Å². The Bertz CT molecular complexity index is 483. The molecule has 19 heavy (non-hydrogen) atoms. The summed E-state index contributed by atoms with van der Waals surface area (Å²) in [5.74, 6) is 0. The van der Waals surface area contributed by atoms with Crippen molar-refractivity contribution in [3.63, 3.8) is 0 Å². The van der Waals surface area contributed by atoms with Crippen LogP contribution in [0.4, 0.5) is 0 Å². The molecule has 0 amide bonds. The lowest BCUT2D eigenvalue weighted by Crippen LogP contribution is -2.36. The van der Waals surface area contributed by atoms with Gasteiger partial charge in [0.05, 0.1) is 18.1 Å². The van der Waals surface area contributed by atoms with Gasteiger partial charge in [-0.3, -0.25) is 0 Å². The van der Waals surface area contributed by atoms with Crippen molar-refractivity contribution in [1.29, 1.82) is 0 Å². The molecule has 0 heterocycles. The molecule has 0 spiro atoms. The van der Waals surface area contributed by atoms with Gasteiger partial charge >= 0.3 is 0 Å². The van der Waals surface area contributed by atoms with Gasteiger partial charge < -0.3 is 10.2 Å². The summed E-state index contributed by atoms with van der Waals surface area (Å²) < 4.78 is 25.8. The zero-order valence-electron chi connectivity index (χ0n) is 11.3. The molecule has 0 aromatic carbocycles. The number of aliphatic hydroxyl groups excluding tert-OH is 2. The Balaban J connectivity index is 3.06. The van der Waals surface area contributed by atoms with Gasteiger partial charge in [0.15, 0.2) is 0 Å². The van der Waals surface area contributed by atoms with Crippen LogP contribution in [0.25, 0.3) is 0 Å². The second kappa shape index (κ2) is 6.47. The molecule has 108 valence electrons. The van der Waals surface area contributed by atoms with E-state index in [1.165, 1.54) is 6.08 Å². The first-order valence-electron chi connectivity index (χ1n) is 6.14. The lowest BCUT2D eigenvalue weighted by atomic mass is 9.93. The Labute approximate surface area is 114 Å². The summed E-state index contributed by atoms with van der Waals surface area (Å²) >= 11 is 0. The normalized spacial score (nSPS) is 18.5. The van der Waals surface area contributed by atoms with E-state index in [9.17, 15) is 8.42 Å². The molecule has 0 fully saturated rings. The van der Waals surface area contributed by atoms with Crippen LogP contribution in [0, 0.1) is 5.41 Å². The summed E-state index contributed by atoms with van der Waals surface area (Å²) in [7, 11) is -3.69. The van der Waals surface area contributed by atoms with Gasteiger partial charge in [0.1, 0.15) is 0 Å². The number of sulfonamides is 1. The van der Waals surface area contributed by atoms with Crippen LogP contribution >= 0.6 is 0 Å². The summed E-state index contributed by atoms with van der Waals surface area (Å²) in [5.41, 5.74) is -0.202. The first-order chi connectivity index (χ1) is 8.83. The standard InChI is InChI=1S/C13H21NO4S/c1-13(2)6-3-4-12(5-7-13)19(17,18)14(8-10-15)9-11-16/h3-7,15-16H,8-11H2,1-2H3. The van der Waals surface area contributed by atoms with Crippen LogP contribution in [0.15, 0.2) is 35.3 Å². The van der Waals surface area contributed by atoms with Gasteiger partial charge in [0.25, 0.3) is 0 Å². The minimum atomic E-state index is -3.69. The average molecular weight is 287 g/mol. The predicted octanol–water partition coefficient (Wildman–Crippen LogP) is 0.639. The summed E-state index contributed by atoms with van der Waals surface area (Å²) in [5, 5.41) is 17.8. The number of nitrogens with zero attached hydrogens (tertiary/aromatic N) is 1. The summed E-state index contributed by atoms with van der Waals surface area (Å²) in [6, 6.07) is 0. The van der Waals surface area contributed by atoms with E-state index in [4.69, 9.17) is 10.2 Å². The van der Waals surface area contributed by atoms with Gasteiger partial charge in [-0.2, -0.15) is 4.31 Å². The van der Waals surface area contributed by atoms with E-state index >= 15 is 0 Å². The second-order valence-corrected chi connectivity index (χ2v) is 6.87. The smallest absolute Gasteiger partial charge is 0.243 e. The Kier molecular flexibility index (Phi) is 5.49. The second-order valence-electron chi connectivity index (χ2n) is 4.93. The minimum absolute atomic E-state index is 0.0266. The number of aliphatic hydroxyl groups is 2. The Morgan fingerprint density at radius 1 is 1.16 bits per heavy atom. The van der Waals surface area contributed by atoms with Gasteiger partial charge in [-0.1, -0.05) is 32.1 Å². The lowest BCUT2D eigenvalue weighted by Gasteiger charge is -2.20. The monoisotopic (exact) mass is 287 g/mol. The van der Waals surface area contributed by atoms with Crippen molar-refractivity contribution >= 4 is 10.0 Å². The lowest BCUT2D eigenvalue weighted by molar-refractivity contribution is 0.218. The maximum absolute atomic E-state index is 12.4. The van der Waals surface area contributed by atoms with E-state index < -0.39 is 10.0 Å². The van der Waals surface area contributed by atoms with Crippen molar-refractivity contribution in [3.8, 4) is 0 Å². The highest BCUT2D eigenvalue weighted by molar-refractivity contribution is 7.93. The van der Waals surface area contributed by atoms with Crippen LogP contribution in [0.5, 0.6) is 0 Å². The van der Waals surface area contributed by atoms with Crippen molar-refractivity contribution in [2.45, 2.75) is 13.8 Å². The van der Waals surface area contributed by atoms with Gasteiger partial charge in [-0.05, 0) is 12.2 Å². The average Bonchev–Trinajstić information content (AvgIpc) is 2.50. The highest BCUT2D eigenvalue weighted by atomic mass is 32.2. The Morgan fingerprint density at radius 3 is 2.26 bits per heavy atom. The van der Waals surface area contributed by atoms with Crippen molar-refractivity contribution < 1.29 is 18.6 Å². The van der Waals surface area contributed by atoms with Crippen LogP contribution < -0.4 is 0 Å². The topological polar surface area (TPSA) is 77.8 Å². The third kappa shape index (κ3) is 4.28. The molecular formula is C13H21NO4S. The number of hydrogen-bond donors (Lipinski definition) is 2. The van der Waals surface area contributed by atoms with Crippen LogP contribution in [0.2, 0.25) is 0 Å². The number of hydrogen-bond acceptors (Lipinski definition) is 4. The van der Waals surface area contributed by atoms with Crippen molar-refractivity contribution in [3.05, 3.63) is 35.3 Å². The van der Waals surface area contributed by atoms with Crippen molar-refractivity contribution in [2.24, 2.45) is 5.41 Å². The van der Waals surface area contributed by atoms with E-state index in [1.54, 1.807) is 12.2 Å². The van der Waals surface area contributed by atoms with Gasteiger partial charge in [0, 0.05) is 18.5 Å². The fourth-order valence-corrected chi connectivity index (χ4v) is 3.13. The van der Waals surface area contributed by atoms with Crippen LogP contribution in [-0.2, 0) is 10.0 Å². The molecule has 0 aliphatic heterocycles. The molecule has 0 saturated carbocycles. The van der Waals surface area contributed by atoms with Crippen LogP contribution in [0.3, 0.4) is 0 Å². The molecule has 1 aliphatic rings. The fourth-order valence-electron chi connectivity index (χ4n) is 1.70. The van der Waals surface area contributed by atoms with E-state index in [0.29, 0.717) is 0 Å². The molecule has 5 nitrogen and oxygen atoms in total. The quantitative estimate of drug-likeness (QED) is 0.751. The molecule has 0 aromatic heterocycles. The van der Waals surface area contributed by atoms with Crippen molar-refractivity contribution in [2.75, 3.05) is 26.3 Å². The molecule has 0 atom stereocenters. The van der Waals surface area contributed by atoms with E-state index in [1.807, 2.05) is 26.0 Å². The third-order valence-electron chi connectivity index (χ3n) is 2.80. The summed E-state index contributed by atoms with van der Waals surface area (Å²) in [4.78, 5) is 0.163. The Morgan fingerprint density at radius 2 is 1.74 bits per heavy atom. The molecule has 0 radical (unpaired) electrons. The van der Waals surface area contributed by atoms with Gasteiger partial charge in [0.2, 0.25) is 10.0 Å². The number of allylic oxidation sites excluding steroid dienone is 5. The van der Waals surface area contributed by atoms with Crippen LogP contribution in [0.1, 0.15) is 13.8 Å². The predicted molar refractivity (Wildman–Crippen MR) is 74.8 cm³/mol. The SMILES string of the molecule is CC1(C)C=CC=C(S(=O)(=O)N(CCO)CCO)C=C1. The largest absolute Gasteiger partial charge is 0.395 e. The Hall–Kier alpha value is -0.950. The molecule has 0 saturated heterocycles. The molecule has 1 aliphatic carbocycles. The summed E-state index contributed by atoms with van der Waals surface area (Å²) in [6.07, 6.45) is 8.53. The third-order valence-corrected chi connectivity index (χ3v) is 4.71. The zero-order valence-corrected chi connectivity index (χ0v) is 12.1. The molecule has 6 heteroatoms. The maximum atomic E-state index is 12.4. The van der Waals surface area contributed by atoms with Crippen LogP contribution in [-0.4, -0.2) is 49.2 Å². The summed E-state index contributed by atoms with van der Waals surface area (Å²) in [6.45, 7) is 3.34. The minimum Gasteiger partial charge on any atom is -0.395 e. The van der Waals surface area contributed by atoms with Crippen molar-refractivity contribution in [1.82, 2.24) is 4.31 Å². The number of rotatable bonds is 6. The van der Waals surface area contributed by atoms with Gasteiger partial charge in [-0.15, -0.1) is 0 Å². The van der Waals surface area contributed by atoms with E-state index in [-0.39, 0.29) is 36.6 Å². The molecule has 2 N–H and O–H groups in total. The highest BCUT2D eigenvalue weighted by Gasteiger charge is 2.25. The van der Waals surface area contributed by atoms with E-state index in [2.05, 4.69) is 0 Å². The first-order valence-corrected chi connectivity index (χ1v) is 7.58. The highest BCUT2D eigenvalue weighted by Crippen LogP contribution is 2.25.